The first-order chi connectivity index (χ1) is 9.56. The van der Waals surface area contributed by atoms with Crippen LogP contribution in [-0.4, -0.2) is 17.6 Å². The lowest BCUT2D eigenvalue weighted by atomic mass is 10.1. The Morgan fingerprint density at radius 1 is 1.10 bits per heavy atom. The molecule has 2 aromatic rings. The number of benzene rings is 1. The molecule has 20 heavy (non-hydrogen) atoms. The van der Waals surface area contributed by atoms with Crippen LogP contribution in [-0.2, 0) is 6.54 Å². The number of pyridine rings is 1. The maximum Gasteiger partial charge on any atom is 0.126 e. The number of hydrogen-bond acceptors (Lipinski definition) is 3. The average Bonchev–Trinajstić information content (AvgIpc) is 2.42. The molecule has 3 heteroatoms. The van der Waals surface area contributed by atoms with Crippen LogP contribution in [0.1, 0.15) is 33.3 Å². The van der Waals surface area contributed by atoms with Gasteiger partial charge in [0.2, 0.25) is 0 Å². The summed E-state index contributed by atoms with van der Waals surface area (Å²) in [6.45, 7) is 10.6. The highest BCUT2D eigenvalue weighted by Crippen LogP contribution is 2.21. The fourth-order valence-corrected chi connectivity index (χ4v) is 2.11. The van der Waals surface area contributed by atoms with Gasteiger partial charge in [0.1, 0.15) is 5.82 Å². The maximum atomic E-state index is 4.70. The molecule has 0 saturated carbocycles. The molecule has 0 fully saturated rings. The molecule has 108 valence electrons. The smallest absolute Gasteiger partial charge is 0.126 e. The van der Waals surface area contributed by atoms with Crippen molar-refractivity contribution in [1.82, 2.24) is 10.3 Å². The van der Waals surface area contributed by atoms with Crippen molar-refractivity contribution in [2.45, 2.75) is 40.3 Å². The summed E-state index contributed by atoms with van der Waals surface area (Å²) in [5, 5.41) is 8.15. The Hall–Kier alpha value is -1.61. The van der Waals surface area contributed by atoms with Crippen molar-refractivity contribution in [1.29, 1.82) is 0 Å². The topological polar surface area (TPSA) is 37.0 Å². The van der Waals surface area contributed by atoms with E-state index >= 15 is 0 Å². The number of nitrogens with zero attached hydrogens (tertiary/aromatic N) is 1. The van der Waals surface area contributed by atoms with E-state index in [-0.39, 0.29) is 0 Å². The van der Waals surface area contributed by atoms with E-state index in [1.807, 2.05) is 6.07 Å². The highest BCUT2D eigenvalue weighted by atomic mass is 15.0. The van der Waals surface area contributed by atoms with Crippen molar-refractivity contribution in [2.75, 3.05) is 11.9 Å². The van der Waals surface area contributed by atoms with E-state index < -0.39 is 0 Å². The molecule has 2 rings (SSSR count). The van der Waals surface area contributed by atoms with Gasteiger partial charge in [-0.1, -0.05) is 45.9 Å². The lowest BCUT2D eigenvalue weighted by molar-refractivity contribution is 0.590. The third kappa shape index (κ3) is 3.94. The van der Waals surface area contributed by atoms with Crippen molar-refractivity contribution >= 4 is 16.7 Å². The van der Waals surface area contributed by atoms with E-state index in [0.29, 0.717) is 12.0 Å². The summed E-state index contributed by atoms with van der Waals surface area (Å²) in [6, 6.07) is 11.0. The van der Waals surface area contributed by atoms with Gasteiger partial charge in [0, 0.05) is 24.5 Å². The van der Waals surface area contributed by atoms with E-state index in [4.69, 9.17) is 4.98 Å². The predicted molar refractivity (Wildman–Crippen MR) is 87.0 cm³/mol. The van der Waals surface area contributed by atoms with E-state index in [1.165, 1.54) is 10.9 Å². The van der Waals surface area contributed by atoms with Crippen LogP contribution in [0.3, 0.4) is 0 Å². The zero-order chi connectivity index (χ0) is 14.5. The van der Waals surface area contributed by atoms with Gasteiger partial charge in [-0.2, -0.15) is 0 Å². The number of hydrogen-bond donors (Lipinski definition) is 2. The van der Waals surface area contributed by atoms with Crippen LogP contribution < -0.4 is 10.6 Å². The average molecular weight is 271 g/mol. The van der Waals surface area contributed by atoms with E-state index in [2.05, 4.69) is 62.6 Å². The lowest BCUT2D eigenvalue weighted by Crippen LogP contribution is -2.22. The highest BCUT2D eigenvalue weighted by Gasteiger charge is 2.06. The summed E-state index contributed by atoms with van der Waals surface area (Å²) in [4.78, 5) is 4.70. The zero-order valence-corrected chi connectivity index (χ0v) is 12.9. The van der Waals surface area contributed by atoms with Crippen molar-refractivity contribution < 1.29 is 0 Å². The minimum atomic E-state index is 0.481. The van der Waals surface area contributed by atoms with E-state index in [1.54, 1.807) is 0 Å². The van der Waals surface area contributed by atoms with Gasteiger partial charge in [-0.25, -0.2) is 4.98 Å². The number of nitrogens with one attached hydrogen (secondary N) is 2. The molecule has 0 aliphatic rings. The van der Waals surface area contributed by atoms with Crippen molar-refractivity contribution in [2.24, 2.45) is 5.92 Å². The lowest BCUT2D eigenvalue weighted by Gasteiger charge is -2.14. The standard InChI is InChI=1S/C17H25N3/c1-12(2)10-19-17-9-14(11-18-13(3)4)15-7-5-6-8-16(15)20-17/h5-9,12-13,18H,10-11H2,1-4H3,(H,19,20). The SMILES string of the molecule is CC(C)CNc1cc(CNC(C)C)c2ccccc2n1. The summed E-state index contributed by atoms with van der Waals surface area (Å²) in [7, 11) is 0. The molecule has 1 heterocycles. The van der Waals surface area contributed by atoms with Crippen molar-refractivity contribution in [3.05, 3.63) is 35.9 Å². The molecule has 2 N–H and O–H groups in total. The monoisotopic (exact) mass is 271 g/mol. The van der Waals surface area contributed by atoms with Crippen LogP contribution in [0.4, 0.5) is 5.82 Å². The molecule has 3 nitrogen and oxygen atoms in total. The second-order valence-corrected chi connectivity index (χ2v) is 5.99. The minimum absolute atomic E-state index is 0.481. The first kappa shape index (κ1) is 14.8. The van der Waals surface area contributed by atoms with Crippen LogP contribution in [0.15, 0.2) is 30.3 Å². The van der Waals surface area contributed by atoms with Gasteiger partial charge < -0.3 is 10.6 Å². The molecular formula is C17H25N3. The maximum absolute atomic E-state index is 4.70. The van der Waals surface area contributed by atoms with Gasteiger partial charge in [0.15, 0.2) is 0 Å². The Morgan fingerprint density at radius 3 is 2.55 bits per heavy atom. The zero-order valence-electron chi connectivity index (χ0n) is 12.9. The minimum Gasteiger partial charge on any atom is -0.370 e. The molecule has 0 bridgehead atoms. The summed E-state index contributed by atoms with van der Waals surface area (Å²) in [5.74, 6) is 1.58. The van der Waals surface area contributed by atoms with Crippen LogP contribution >= 0.6 is 0 Å². The largest absolute Gasteiger partial charge is 0.370 e. The highest BCUT2D eigenvalue weighted by molar-refractivity contribution is 5.84. The van der Waals surface area contributed by atoms with E-state index in [0.717, 1.165) is 24.4 Å². The summed E-state index contributed by atoms with van der Waals surface area (Å²) < 4.78 is 0. The van der Waals surface area contributed by atoms with Gasteiger partial charge in [-0.3, -0.25) is 0 Å². The molecule has 0 spiro atoms. The molecule has 0 unspecified atom stereocenters. The number of fused-ring (bicyclic) bond motifs is 1. The summed E-state index contributed by atoms with van der Waals surface area (Å²) in [5.41, 5.74) is 2.36. The van der Waals surface area contributed by atoms with Crippen LogP contribution in [0.5, 0.6) is 0 Å². The van der Waals surface area contributed by atoms with Gasteiger partial charge in [0.25, 0.3) is 0 Å². The van der Waals surface area contributed by atoms with Gasteiger partial charge in [-0.15, -0.1) is 0 Å². The van der Waals surface area contributed by atoms with E-state index in [9.17, 15) is 0 Å². The molecular weight excluding hydrogens is 246 g/mol. The molecule has 0 saturated heterocycles. The molecule has 0 radical (unpaired) electrons. The molecule has 0 atom stereocenters. The first-order valence-corrected chi connectivity index (χ1v) is 7.42. The third-order valence-corrected chi connectivity index (χ3v) is 3.19. The first-order valence-electron chi connectivity index (χ1n) is 7.42. The Morgan fingerprint density at radius 2 is 1.85 bits per heavy atom. The Balaban J connectivity index is 2.31. The Bertz CT molecular complexity index is 561. The predicted octanol–water partition coefficient (Wildman–Crippen LogP) is 3.80. The number of rotatable bonds is 6. The summed E-state index contributed by atoms with van der Waals surface area (Å²) in [6.07, 6.45) is 0. The van der Waals surface area contributed by atoms with Crippen LogP contribution in [0.25, 0.3) is 10.9 Å². The Labute approximate surface area is 121 Å². The molecule has 0 aliphatic carbocycles. The van der Waals surface area contributed by atoms with Crippen molar-refractivity contribution in [3.63, 3.8) is 0 Å². The van der Waals surface area contributed by atoms with Gasteiger partial charge in [-0.05, 0) is 23.6 Å². The number of para-hydroxylation sites is 1. The van der Waals surface area contributed by atoms with Crippen molar-refractivity contribution in [3.8, 4) is 0 Å². The Kier molecular flexibility index (Phi) is 4.96. The fraction of sp³-hybridized carbons (Fsp3) is 0.471. The van der Waals surface area contributed by atoms with Crippen LogP contribution in [0.2, 0.25) is 0 Å². The normalized spacial score (nSPS) is 11.5. The summed E-state index contributed by atoms with van der Waals surface area (Å²) >= 11 is 0. The second kappa shape index (κ2) is 6.71. The third-order valence-electron chi connectivity index (χ3n) is 3.19. The number of aromatic nitrogens is 1. The molecule has 0 amide bonds. The second-order valence-electron chi connectivity index (χ2n) is 5.99. The van der Waals surface area contributed by atoms with Crippen LogP contribution in [0, 0.1) is 5.92 Å². The molecule has 1 aromatic heterocycles. The molecule has 0 aliphatic heterocycles. The van der Waals surface area contributed by atoms with Gasteiger partial charge in [0.05, 0.1) is 5.52 Å². The molecule has 1 aromatic carbocycles. The fourth-order valence-electron chi connectivity index (χ4n) is 2.11. The number of anilines is 1. The quantitative estimate of drug-likeness (QED) is 0.839. The van der Waals surface area contributed by atoms with Gasteiger partial charge >= 0.3 is 0 Å².